The zero-order valence-electron chi connectivity index (χ0n) is 39.3. The van der Waals surface area contributed by atoms with Crippen LogP contribution in [0.3, 0.4) is 0 Å². The number of ketones is 1. The predicted molar refractivity (Wildman–Crippen MR) is 224 cm³/mol. The number of carbonyl (C=O) groups is 7. The molecule has 0 radical (unpaired) electrons. The summed E-state index contributed by atoms with van der Waals surface area (Å²) in [7, 11) is 1.20. The van der Waals surface area contributed by atoms with Gasteiger partial charge in [0.2, 0.25) is 0 Å². The zero-order chi connectivity index (χ0) is 47.1. The fraction of sp³-hybridized carbons (Fsp3) is 0.804. The number of carbonyl (C=O) groups excluding carboxylic acids is 7. The summed E-state index contributed by atoms with van der Waals surface area (Å²) < 4.78 is 47.7. The first-order chi connectivity index (χ1) is 28.9. The number of rotatable bonds is 23. The van der Waals surface area contributed by atoms with Crippen molar-refractivity contribution in [3.05, 3.63) is 11.6 Å². The van der Waals surface area contributed by atoms with Gasteiger partial charge in [-0.25, -0.2) is 4.79 Å². The van der Waals surface area contributed by atoms with Gasteiger partial charge in [-0.1, -0.05) is 61.5 Å². The van der Waals surface area contributed by atoms with Gasteiger partial charge >= 0.3 is 35.8 Å². The molecule has 11 unspecified atom stereocenters. The van der Waals surface area contributed by atoms with Crippen LogP contribution in [0.4, 0.5) is 0 Å². The second-order valence-electron chi connectivity index (χ2n) is 18.3. The molecule has 0 aromatic carbocycles. The molecule has 0 bridgehead atoms. The van der Waals surface area contributed by atoms with Crippen molar-refractivity contribution in [1.29, 1.82) is 0 Å². The zero-order valence-corrected chi connectivity index (χ0v) is 39.3. The molecule has 0 amide bonds. The van der Waals surface area contributed by atoms with Gasteiger partial charge in [-0.3, -0.25) is 28.8 Å². The van der Waals surface area contributed by atoms with Gasteiger partial charge in [-0.15, -0.1) is 0 Å². The molecule has 2 fully saturated rings. The van der Waals surface area contributed by atoms with Gasteiger partial charge in [0.15, 0.2) is 17.7 Å². The Kier molecular flexibility index (Phi) is 21.7. The second-order valence-corrected chi connectivity index (χ2v) is 18.3. The van der Waals surface area contributed by atoms with Gasteiger partial charge in [0.1, 0.15) is 30.0 Å². The SMILES string of the molecule is CCOC(=O)C(C(CC=C(C)C(=O)OC)OC(=O)CC)C(OC(C)=O)C(CC(C)C(OC(=O)CC(C)C)C1CC(C)CC2(CC(C)CC(O)(CC(C)=O)O2)O1)OC(=O)CC(C)C. The summed E-state index contributed by atoms with van der Waals surface area (Å²) in [4.78, 5) is 92.0. The van der Waals surface area contributed by atoms with Crippen molar-refractivity contribution < 1.29 is 76.6 Å². The minimum Gasteiger partial charge on any atom is -0.466 e. The van der Waals surface area contributed by atoms with Crippen molar-refractivity contribution >= 4 is 41.6 Å². The van der Waals surface area contributed by atoms with Crippen molar-refractivity contribution in [2.75, 3.05) is 13.7 Å². The Hall–Kier alpha value is -3.89. The van der Waals surface area contributed by atoms with E-state index in [1.807, 2.05) is 41.5 Å². The van der Waals surface area contributed by atoms with Crippen molar-refractivity contribution in [2.24, 2.45) is 35.5 Å². The Labute approximate surface area is 367 Å². The van der Waals surface area contributed by atoms with Crippen LogP contribution in [0.1, 0.15) is 147 Å². The first-order valence-electron chi connectivity index (χ1n) is 22.1. The van der Waals surface area contributed by atoms with E-state index in [1.165, 1.54) is 27.0 Å². The van der Waals surface area contributed by atoms with E-state index in [4.69, 9.17) is 37.9 Å². The highest BCUT2D eigenvalue weighted by molar-refractivity contribution is 5.87. The summed E-state index contributed by atoms with van der Waals surface area (Å²) in [5.41, 5.74) is 0.145. The number of Topliss-reactive ketones (excluding diaryl/α,β-unsaturated/α-hetero) is 1. The molecule has 11 atom stereocenters. The summed E-state index contributed by atoms with van der Waals surface area (Å²) in [6, 6.07) is 0. The number of ether oxygens (including phenoxy) is 8. The average molecular weight is 883 g/mol. The van der Waals surface area contributed by atoms with Crippen LogP contribution in [-0.4, -0.2) is 103 Å². The van der Waals surface area contributed by atoms with Crippen molar-refractivity contribution in [3.8, 4) is 0 Å². The molecule has 62 heavy (non-hydrogen) atoms. The van der Waals surface area contributed by atoms with Crippen LogP contribution in [0.5, 0.6) is 0 Å². The topological polar surface area (TPSA) is 214 Å². The van der Waals surface area contributed by atoms with E-state index in [0.717, 1.165) is 6.92 Å². The molecule has 16 heteroatoms. The largest absolute Gasteiger partial charge is 0.466 e. The van der Waals surface area contributed by atoms with E-state index < -0.39 is 89.7 Å². The minimum atomic E-state index is -1.78. The van der Waals surface area contributed by atoms with Crippen LogP contribution in [0.25, 0.3) is 0 Å². The van der Waals surface area contributed by atoms with Gasteiger partial charge < -0.3 is 43.0 Å². The molecule has 1 spiro atoms. The molecule has 2 saturated heterocycles. The van der Waals surface area contributed by atoms with Gasteiger partial charge in [-0.05, 0) is 63.2 Å². The Morgan fingerprint density at radius 1 is 0.790 bits per heavy atom. The minimum absolute atomic E-state index is 0.0473. The highest BCUT2D eigenvalue weighted by Crippen LogP contribution is 2.48. The average Bonchev–Trinajstić information content (AvgIpc) is 3.12. The highest BCUT2D eigenvalue weighted by atomic mass is 16.8. The molecule has 16 nitrogen and oxygen atoms in total. The number of hydrogen-bond donors (Lipinski definition) is 1. The number of methoxy groups -OCH3 is 1. The quantitative estimate of drug-likeness (QED) is 0.0659. The molecular weight excluding hydrogens is 808 g/mol. The summed E-state index contributed by atoms with van der Waals surface area (Å²) >= 11 is 0. The molecule has 2 aliphatic heterocycles. The maximum absolute atomic E-state index is 14.1. The summed E-state index contributed by atoms with van der Waals surface area (Å²) in [5.74, 6) is -10.5. The number of hydrogen-bond acceptors (Lipinski definition) is 16. The molecular formula is C46H74O16. The Balaban J connectivity index is 2.84. The van der Waals surface area contributed by atoms with E-state index in [2.05, 4.69) is 0 Å². The van der Waals surface area contributed by atoms with E-state index in [-0.39, 0.29) is 86.6 Å². The molecule has 2 rings (SSSR count). The molecule has 0 aromatic rings. The summed E-state index contributed by atoms with van der Waals surface area (Å²) in [5, 5.41) is 11.6. The molecule has 0 aliphatic carbocycles. The lowest BCUT2D eigenvalue weighted by atomic mass is 9.78. The lowest BCUT2D eigenvalue weighted by Crippen LogP contribution is -2.59. The van der Waals surface area contributed by atoms with E-state index in [9.17, 15) is 38.7 Å². The second kappa shape index (κ2) is 24.8. The molecule has 354 valence electrons. The fourth-order valence-electron chi connectivity index (χ4n) is 8.61. The summed E-state index contributed by atoms with van der Waals surface area (Å²) in [6.07, 6.45) is -4.19. The Morgan fingerprint density at radius 3 is 1.90 bits per heavy atom. The van der Waals surface area contributed by atoms with E-state index >= 15 is 0 Å². The maximum atomic E-state index is 14.1. The lowest BCUT2D eigenvalue weighted by molar-refractivity contribution is -0.405. The van der Waals surface area contributed by atoms with E-state index in [1.54, 1.807) is 20.8 Å². The summed E-state index contributed by atoms with van der Waals surface area (Å²) in [6.45, 7) is 20.0. The van der Waals surface area contributed by atoms with Gasteiger partial charge in [0.05, 0.1) is 26.2 Å². The third-order valence-electron chi connectivity index (χ3n) is 10.8. The van der Waals surface area contributed by atoms with Gasteiger partial charge in [0, 0.05) is 57.4 Å². The van der Waals surface area contributed by atoms with Crippen LogP contribution in [0.15, 0.2) is 11.6 Å². The monoisotopic (exact) mass is 882 g/mol. The van der Waals surface area contributed by atoms with Crippen LogP contribution < -0.4 is 0 Å². The van der Waals surface area contributed by atoms with Crippen LogP contribution in [0, 0.1) is 35.5 Å². The van der Waals surface area contributed by atoms with Crippen LogP contribution in [0.2, 0.25) is 0 Å². The fourth-order valence-corrected chi connectivity index (χ4v) is 8.61. The highest BCUT2D eigenvalue weighted by Gasteiger charge is 2.55. The smallest absolute Gasteiger partial charge is 0.333 e. The van der Waals surface area contributed by atoms with Crippen molar-refractivity contribution in [3.63, 3.8) is 0 Å². The van der Waals surface area contributed by atoms with Crippen molar-refractivity contribution in [2.45, 2.75) is 189 Å². The van der Waals surface area contributed by atoms with Gasteiger partial charge in [-0.2, -0.15) is 0 Å². The number of esters is 6. The predicted octanol–water partition coefficient (Wildman–Crippen LogP) is 6.50. The Bertz CT molecular complexity index is 1570. The molecule has 0 aromatic heterocycles. The standard InChI is InChI=1S/C46H74O16/c1-14-37(49)58-34(17-16-30(9)43(52)55-13)40(44(53)56-15-2)42(57-33(12)48)35(59-38(50)18-26(3)4)21-31(10)41(60-39(51)19-27(5)6)36-20-28(7)23-46(61-36)24-29(8)22-45(54,62-46)25-32(11)47/h16,26-29,31,34-36,40-42,54H,14-15,17-25H2,1-13H3. The molecule has 2 heterocycles. The van der Waals surface area contributed by atoms with E-state index in [0.29, 0.717) is 19.3 Å². The van der Waals surface area contributed by atoms with Gasteiger partial charge in [0.25, 0.3) is 0 Å². The lowest BCUT2D eigenvalue weighted by Gasteiger charge is -2.53. The molecule has 2 aliphatic rings. The molecule has 1 N–H and O–H groups in total. The third kappa shape index (κ3) is 17.3. The van der Waals surface area contributed by atoms with Crippen LogP contribution in [-0.2, 0) is 71.5 Å². The Morgan fingerprint density at radius 2 is 1.37 bits per heavy atom. The third-order valence-corrected chi connectivity index (χ3v) is 10.8. The van der Waals surface area contributed by atoms with Crippen molar-refractivity contribution in [1.82, 2.24) is 0 Å². The maximum Gasteiger partial charge on any atom is 0.333 e. The number of aliphatic hydroxyl groups is 1. The first-order valence-corrected chi connectivity index (χ1v) is 22.1. The molecule has 0 saturated carbocycles. The normalized spacial score (nSPS) is 25.7. The first kappa shape index (κ1) is 54.2. The van der Waals surface area contributed by atoms with Crippen LogP contribution >= 0.6 is 0 Å².